The fraction of sp³-hybridized carbons (Fsp3) is 0.850. The number of carboxylic acid groups (broad SMARTS) is 1. The van der Waals surface area contributed by atoms with Crippen LogP contribution in [0.3, 0.4) is 0 Å². The van der Waals surface area contributed by atoms with Crippen molar-refractivity contribution >= 4 is 17.9 Å². The zero-order valence-corrected chi connectivity index (χ0v) is 46.0. The molecule has 0 aromatic carbocycles. The highest BCUT2D eigenvalue weighted by atomic mass is 16.7. The molecule has 0 saturated carbocycles. The normalized spacial score (nSPS) is 13.0. The summed E-state index contributed by atoms with van der Waals surface area (Å²) in [6.45, 7) is 4.79. The molecule has 0 aliphatic heterocycles. The molecule has 1 N–H and O–H groups in total. The number of unbranched alkanes of at least 4 members (excludes halogenated alkanes) is 33. The maximum absolute atomic E-state index is 12.8. The maximum atomic E-state index is 12.8. The number of hydrogen-bond donors (Lipinski definition) is 1. The Hall–Kier alpha value is -2.49. The van der Waals surface area contributed by atoms with Gasteiger partial charge in [-0.25, -0.2) is 4.79 Å². The molecule has 9 heteroatoms. The number of aliphatic carboxylic acids is 1. The van der Waals surface area contributed by atoms with Gasteiger partial charge in [-0.2, -0.15) is 0 Å². The minimum absolute atomic E-state index is 0.183. The predicted octanol–water partition coefficient (Wildman–Crippen LogP) is 16.9. The van der Waals surface area contributed by atoms with E-state index in [1.165, 1.54) is 173 Å². The van der Waals surface area contributed by atoms with E-state index in [1.807, 2.05) is 21.1 Å². The lowest BCUT2D eigenvalue weighted by molar-refractivity contribution is -0.870. The van der Waals surface area contributed by atoms with Gasteiger partial charge in [-0.1, -0.05) is 249 Å². The van der Waals surface area contributed by atoms with Crippen LogP contribution in [-0.2, 0) is 33.3 Å². The molecular formula is C60H112NO8+. The van der Waals surface area contributed by atoms with Crippen molar-refractivity contribution in [3.05, 3.63) is 36.5 Å². The molecule has 0 aliphatic carbocycles. The first-order valence-corrected chi connectivity index (χ1v) is 29.2. The average Bonchev–Trinajstić information content (AvgIpc) is 3.31. The summed E-state index contributed by atoms with van der Waals surface area (Å²) in [6.07, 6.45) is 59.5. The molecule has 0 amide bonds. The number of quaternary nitrogens is 1. The van der Waals surface area contributed by atoms with Gasteiger partial charge in [0.2, 0.25) is 0 Å². The monoisotopic (exact) mass is 975 g/mol. The van der Waals surface area contributed by atoms with Gasteiger partial charge in [-0.15, -0.1) is 0 Å². The summed E-state index contributed by atoms with van der Waals surface area (Å²) in [7, 11) is 5.97. The summed E-state index contributed by atoms with van der Waals surface area (Å²) >= 11 is 0. The number of ether oxygens (including phenoxy) is 4. The van der Waals surface area contributed by atoms with Gasteiger partial charge in [0, 0.05) is 12.8 Å². The smallest absolute Gasteiger partial charge is 0.361 e. The SMILES string of the molecule is CC/C=C\C/C=C\C/C=C\CCCCCCCCCC(=O)OC(COC(=O)CCCCCCCCCCCCCCCCCCCCCCCCCCCCC)COC(OCC[N+](C)(C)C)C(=O)O. The maximum Gasteiger partial charge on any atom is 0.361 e. The molecule has 0 aliphatic rings. The van der Waals surface area contributed by atoms with Crippen LogP contribution < -0.4 is 0 Å². The highest BCUT2D eigenvalue weighted by Crippen LogP contribution is 2.17. The first-order chi connectivity index (χ1) is 33.6. The fourth-order valence-electron chi connectivity index (χ4n) is 8.44. The molecule has 0 spiro atoms. The van der Waals surface area contributed by atoms with Gasteiger partial charge in [0.1, 0.15) is 13.2 Å². The minimum Gasteiger partial charge on any atom is -0.477 e. The van der Waals surface area contributed by atoms with Crippen LogP contribution in [0.2, 0.25) is 0 Å². The molecule has 404 valence electrons. The van der Waals surface area contributed by atoms with E-state index in [9.17, 15) is 19.5 Å². The molecule has 0 bridgehead atoms. The molecule has 0 radical (unpaired) electrons. The third-order valence-electron chi connectivity index (χ3n) is 12.9. The lowest BCUT2D eigenvalue weighted by Gasteiger charge is -2.25. The molecule has 0 rings (SSSR count). The summed E-state index contributed by atoms with van der Waals surface area (Å²) in [5.41, 5.74) is 0. The van der Waals surface area contributed by atoms with E-state index in [0.29, 0.717) is 23.9 Å². The molecule has 0 saturated heterocycles. The third kappa shape index (κ3) is 53.1. The molecule has 0 aromatic rings. The van der Waals surface area contributed by atoms with Crippen LogP contribution in [0, 0.1) is 0 Å². The Labute approximate surface area is 426 Å². The van der Waals surface area contributed by atoms with Crippen LogP contribution in [-0.4, -0.2) is 87.4 Å². The van der Waals surface area contributed by atoms with Crippen molar-refractivity contribution in [1.29, 1.82) is 0 Å². The lowest BCUT2D eigenvalue weighted by Crippen LogP contribution is -2.40. The van der Waals surface area contributed by atoms with Gasteiger partial charge in [0.25, 0.3) is 6.29 Å². The minimum atomic E-state index is -1.51. The highest BCUT2D eigenvalue weighted by molar-refractivity contribution is 5.71. The number of nitrogens with zero attached hydrogens (tertiary/aromatic N) is 1. The summed E-state index contributed by atoms with van der Waals surface area (Å²) in [5, 5.41) is 9.69. The Kier molecular flexibility index (Phi) is 50.0. The molecule has 0 heterocycles. The van der Waals surface area contributed by atoms with E-state index >= 15 is 0 Å². The second kappa shape index (κ2) is 51.9. The van der Waals surface area contributed by atoms with E-state index in [0.717, 1.165) is 64.2 Å². The van der Waals surface area contributed by atoms with E-state index in [2.05, 4.69) is 50.3 Å². The summed E-state index contributed by atoms with van der Waals surface area (Å²) < 4.78 is 22.9. The Morgan fingerprint density at radius 2 is 0.826 bits per heavy atom. The van der Waals surface area contributed by atoms with Crippen molar-refractivity contribution in [3.63, 3.8) is 0 Å². The zero-order chi connectivity index (χ0) is 50.6. The Morgan fingerprint density at radius 1 is 0.449 bits per heavy atom. The number of carbonyl (C=O) groups excluding carboxylic acids is 2. The van der Waals surface area contributed by atoms with Crippen molar-refractivity contribution in [3.8, 4) is 0 Å². The number of allylic oxidation sites excluding steroid dienone is 6. The number of carboxylic acids is 1. The second-order valence-electron chi connectivity index (χ2n) is 20.9. The van der Waals surface area contributed by atoms with Gasteiger partial charge in [0.15, 0.2) is 6.10 Å². The van der Waals surface area contributed by atoms with Crippen LogP contribution in [0.5, 0.6) is 0 Å². The molecule has 69 heavy (non-hydrogen) atoms. The van der Waals surface area contributed by atoms with E-state index in [4.69, 9.17) is 18.9 Å². The van der Waals surface area contributed by atoms with Gasteiger partial charge in [-0.3, -0.25) is 9.59 Å². The lowest BCUT2D eigenvalue weighted by atomic mass is 10.0. The summed E-state index contributed by atoms with van der Waals surface area (Å²) in [5.74, 6) is -2.00. The average molecular weight is 976 g/mol. The standard InChI is InChI=1S/C60H111NO8/c1-6-8-10-12-14-16-18-20-22-24-25-26-27-28-29-30-31-32-33-35-36-38-40-42-44-46-48-50-57(62)67-54-56(55-68-60(59(64)65)66-53-52-61(3,4)5)69-58(63)51-49-47-45-43-41-39-37-34-23-21-19-17-15-13-11-9-7-2/h9,11,15,17,21,23,56,60H,6-8,10,12-14,16,18-20,22,24-55H2,1-5H3/p+1/b11-9-,17-15-,23-21-. The molecule has 0 fully saturated rings. The Bertz CT molecular complexity index is 1230. The largest absolute Gasteiger partial charge is 0.477 e. The van der Waals surface area contributed by atoms with Crippen molar-refractivity contribution in [2.24, 2.45) is 0 Å². The second-order valence-corrected chi connectivity index (χ2v) is 20.9. The van der Waals surface area contributed by atoms with Gasteiger partial charge < -0.3 is 28.5 Å². The van der Waals surface area contributed by atoms with E-state index in [1.54, 1.807) is 0 Å². The fourth-order valence-corrected chi connectivity index (χ4v) is 8.44. The van der Waals surface area contributed by atoms with Crippen LogP contribution >= 0.6 is 0 Å². The molecule has 2 unspecified atom stereocenters. The predicted molar refractivity (Wildman–Crippen MR) is 291 cm³/mol. The van der Waals surface area contributed by atoms with Crippen molar-refractivity contribution in [2.75, 3.05) is 47.5 Å². The molecular weight excluding hydrogens is 863 g/mol. The summed E-state index contributed by atoms with van der Waals surface area (Å²) in [6, 6.07) is 0. The first-order valence-electron chi connectivity index (χ1n) is 29.2. The quantitative estimate of drug-likeness (QED) is 0.0211. The number of esters is 2. The first kappa shape index (κ1) is 66.5. The van der Waals surface area contributed by atoms with Crippen LogP contribution in [0.15, 0.2) is 36.5 Å². The zero-order valence-electron chi connectivity index (χ0n) is 46.0. The van der Waals surface area contributed by atoms with Gasteiger partial charge in [0.05, 0.1) is 34.4 Å². The van der Waals surface area contributed by atoms with Gasteiger partial charge in [-0.05, 0) is 44.9 Å². The number of carbonyl (C=O) groups is 3. The number of rotatable bonds is 54. The van der Waals surface area contributed by atoms with E-state index in [-0.39, 0.29) is 32.2 Å². The molecule has 9 nitrogen and oxygen atoms in total. The van der Waals surface area contributed by atoms with Crippen molar-refractivity contribution in [1.82, 2.24) is 0 Å². The third-order valence-corrected chi connectivity index (χ3v) is 12.9. The molecule has 2 atom stereocenters. The van der Waals surface area contributed by atoms with Crippen LogP contribution in [0.25, 0.3) is 0 Å². The highest BCUT2D eigenvalue weighted by Gasteiger charge is 2.25. The topological polar surface area (TPSA) is 108 Å². The van der Waals surface area contributed by atoms with Crippen LogP contribution in [0.4, 0.5) is 0 Å². The van der Waals surface area contributed by atoms with E-state index < -0.39 is 24.3 Å². The number of likely N-dealkylation sites (N-methyl/N-ethyl adjacent to an activating group) is 1. The Balaban J connectivity index is 4.15. The van der Waals surface area contributed by atoms with Crippen molar-refractivity contribution < 1.29 is 42.9 Å². The summed E-state index contributed by atoms with van der Waals surface area (Å²) in [4.78, 5) is 37.4. The number of hydrogen-bond acceptors (Lipinski definition) is 7. The van der Waals surface area contributed by atoms with Crippen molar-refractivity contribution in [2.45, 2.75) is 283 Å². The van der Waals surface area contributed by atoms with Gasteiger partial charge >= 0.3 is 17.9 Å². The molecule has 0 aromatic heterocycles. The Morgan fingerprint density at radius 3 is 1.23 bits per heavy atom. The van der Waals surface area contributed by atoms with Crippen LogP contribution in [0.1, 0.15) is 271 Å².